The van der Waals surface area contributed by atoms with E-state index in [2.05, 4.69) is 19.1 Å². The van der Waals surface area contributed by atoms with Gasteiger partial charge in [-0.3, -0.25) is 0 Å². The number of hydrogen-bond acceptors (Lipinski definition) is 5. The molecule has 0 aromatic heterocycles. The summed E-state index contributed by atoms with van der Waals surface area (Å²) in [5.74, 6) is 0. The van der Waals surface area contributed by atoms with E-state index in [9.17, 15) is 15.3 Å². The Morgan fingerprint density at radius 3 is 1.90 bits per heavy atom. The number of rotatable bonds is 19. The van der Waals surface area contributed by atoms with Gasteiger partial charge < -0.3 is 24.8 Å². The molecule has 0 aliphatic carbocycles. The van der Waals surface area contributed by atoms with Crippen molar-refractivity contribution < 1.29 is 24.8 Å². The van der Waals surface area contributed by atoms with Gasteiger partial charge in [-0.25, -0.2) is 0 Å². The summed E-state index contributed by atoms with van der Waals surface area (Å²) in [6.45, 7) is 2.60. The van der Waals surface area contributed by atoms with E-state index in [0.29, 0.717) is 6.61 Å². The van der Waals surface area contributed by atoms with Gasteiger partial charge in [0.1, 0.15) is 24.4 Å². The van der Waals surface area contributed by atoms with Gasteiger partial charge in [-0.15, -0.1) is 0 Å². The topological polar surface area (TPSA) is 79.2 Å². The fourth-order valence-corrected chi connectivity index (χ4v) is 3.96. The van der Waals surface area contributed by atoms with E-state index in [1.165, 1.54) is 77.0 Å². The first-order chi connectivity index (χ1) is 14.7. The third-order valence-corrected chi connectivity index (χ3v) is 5.97. The van der Waals surface area contributed by atoms with E-state index in [1.54, 1.807) is 0 Å². The Morgan fingerprint density at radius 1 is 0.800 bits per heavy atom. The second kappa shape index (κ2) is 19.2. The predicted octanol–water partition coefficient (Wildman–Crippen LogP) is 4.91. The molecular formula is C25H48O5. The summed E-state index contributed by atoms with van der Waals surface area (Å²) in [6.07, 6.45) is 20.8. The van der Waals surface area contributed by atoms with Gasteiger partial charge >= 0.3 is 0 Å². The van der Waals surface area contributed by atoms with Gasteiger partial charge in [0.05, 0.1) is 13.2 Å². The molecule has 0 amide bonds. The van der Waals surface area contributed by atoms with Crippen molar-refractivity contribution >= 4 is 0 Å². The van der Waals surface area contributed by atoms with Crippen LogP contribution in [0.1, 0.15) is 103 Å². The van der Waals surface area contributed by atoms with Crippen LogP contribution < -0.4 is 0 Å². The molecule has 0 bridgehead atoms. The fourth-order valence-electron chi connectivity index (χ4n) is 3.96. The lowest BCUT2D eigenvalue weighted by Crippen LogP contribution is -2.55. The molecule has 0 saturated carbocycles. The maximum absolute atomic E-state index is 10.0. The smallest absolute Gasteiger partial charge is 0.114 e. The molecule has 1 saturated heterocycles. The Kier molecular flexibility index (Phi) is 17.7. The molecule has 3 N–H and O–H groups in total. The second-order valence-corrected chi connectivity index (χ2v) is 8.74. The summed E-state index contributed by atoms with van der Waals surface area (Å²) < 4.78 is 11.0. The maximum atomic E-state index is 10.0. The predicted molar refractivity (Wildman–Crippen MR) is 123 cm³/mol. The monoisotopic (exact) mass is 428 g/mol. The summed E-state index contributed by atoms with van der Waals surface area (Å²) in [5, 5.41) is 29.0. The minimum atomic E-state index is -0.999. The minimum absolute atomic E-state index is 0.0379. The van der Waals surface area contributed by atoms with Gasteiger partial charge in [0.2, 0.25) is 0 Å². The number of aliphatic hydroxyl groups is 3. The molecule has 0 radical (unpaired) electrons. The fraction of sp³-hybridized carbons (Fsp3) is 0.920. The Balaban J connectivity index is 1.87. The third-order valence-electron chi connectivity index (χ3n) is 5.97. The molecule has 4 atom stereocenters. The molecule has 1 fully saturated rings. The number of allylic oxidation sites excluding steroid dienone is 2. The molecule has 1 rings (SSSR count). The zero-order chi connectivity index (χ0) is 21.9. The minimum Gasteiger partial charge on any atom is -0.394 e. The van der Waals surface area contributed by atoms with Crippen molar-refractivity contribution in [2.75, 3.05) is 19.8 Å². The molecule has 5 nitrogen and oxygen atoms in total. The highest BCUT2D eigenvalue weighted by molar-refractivity contribution is 4.87. The summed E-state index contributed by atoms with van der Waals surface area (Å²) >= 11 is 0. The van der Waals surface area contributed by atoms with E-state index in [4.69, 9.17) is 9.47 Å². The molecule has 1 aliphatic rings. The van der Waals surface area contributed by atoms with Gasteiger partial charge in [0.25, 0.3) is 0 Å². The zero-order valence-electron chi connectivity index (χ0n) is 19.4. The average Bonchev–Trinajstić information content (AvgIpc) is 2.75. The van der Waals surface area contributed by atoms with E-state index >= 15 is 0 Å². The molecule has 1 heterocycles. The van der Waals surface area contributed by atoms with Crippen molar-refractivity contribution in [2.24, 2.45) is 0 Å². The van der Waals surface area contributed by atoms with Crippen LogP contribution in [-0.4, -0.2) is 59.6 Å². The Bertz CT molecular complexity index is 399. The summed E-state index contributed by atoms with van der Waals surface area (Å²) in [5.41, 5.74) is 0. The third kappa shape index (κ3) is 13.1. The van der Waals surface area contributed by atoms with Crippen LogP contribution in [0.3, 0.4) is 0 Å². The van der Waals surface area contributed by atoms with Crippen LogP contribution in [0.2, 0.25) is 0 Å². The Morgan fingerprint density at radius 2 is 1.33 bits per heavy atom. The standard InChI is InChI=1S/C25H48O5/c1-2-3-4-5-6-7-8-9-10-11-12-13-14-15-16-17-18-19-29-25-23(20-26)30-21-22(27)24(25)28/h14-15,22-28H,2-13,16-21H2,1H3/b15-14+/t22-,23+,24+,25+/m1/s1. The first-order valence-electron chi connectivity index (χ1n) is 12.6. The molecule has 0 aromatic rings. The second-order valence-electron chi connectivity index (χ2n) is 8.74. The molecule has 5 heteroatoms. The normalized spacial score (nSPS) is 24.7. The van der Waals surface area contributed by atoms with Crippen LogP contribution in [0.25, 0.3) is 0 Å². The SMILES string of the molecule is CCCCCCCCCCCCC/C=C/CCCCO[C@@H]1[C@@H](O)[C@H](O)CO[C@H]1CO. The zero-order valence-corrected chi connectivity index (χ0v) is 19.4. The van der Waals surface area contributed by atoms with Gasteiger partial charge in [0.15, 0.2) is 0 Å². The Labute approximate surface area is 184 Å². The van der Waals surface area contributed by atoms with Crippen LogP contribution >= 0.6 is 0 Å². The van der Waals surface area contributed by atoms with Crippen molar-refractivity contribution in [1.29, 1.82) is 0 Å². The summed E-state index contributed by atoms with van der Waals surface area (Å²) in [4.78, 5) is 0. The lowest BCUT2D eigenvalue weighted by atomic mass is 10.0. The molecule has 0 unspecified atom stereocenters. The highest BCUT2D eigenvalue weighted by Crippen LogP contribution is 2.19. The first-order valence-corrected chi connectivity index (χ1v) is 12.6. The van der Waals surface area contributed by atoms with Crippen molar-refractivity contribution in [2.45, 2.75) is 128 Å². The van der Waals surface area contributed by atoms with E-state index < -0.39 is 24.4 Å². The highest BCUT2D eigenvalue weighted by Gasteiger charge is 2.39. The van der Waals surface area contributed by atoms with Crippen LogP contribution in [0.5, 0.6) is 0 Å². The lowest BCUT2D eigenvalue weighted by molar-refractivity contribution is -0.211. The highest BCUT2D eigenvalue weighted by atomic mass is 16.6. The first kappa shape index (κ1) is 27.6. The largest absolute Gasteiger partial charge is 0.394 e. The van der Waals surface area contributed by atoms with Crippen LogP contribution in [-0.2, 0) is 9.47 Å². The number of hydrogen-bond donors (Lipinski definition) is 3. The van der Waals surface area contributed by atoms with Gasteiger partial charge in [-0.2, -0.15) is 0 Å². The molecule has 1 aliphatic heterocycles. The number of unbranched alkanes of at least 4 members (excludes halogenated alkanes) is 13. The average molecular weight is 429 g/mol. The quantitative estimate of drug-likeness (QED) is 0.201. The van der Waals surface area contributed by atoms with Crippen molar-refractivity contribution in [3.8, 4) is 0 Å². The van der Waals surface area contributed by atoms with Crippen LogP contribution in [0, 0.1) is 0 Å². The molecule has 0 aromatic carbocycles. The van der Waals surface area contributed by atoms with Gasteiger partial charge in [-0.05, 0) is 32.1 Å². The van der Waals surface area contributed by atoms with Crippen LogP contribution in [0.4, 0.5) is 0 Å². The van der Waals surface area contributed by atoms with Crippen molar-refractivity contribution in [3.05, 3.63) is 12.2 Å². The summed E-state index contributed by atoms with van der Waals surface area (Å²) in [7, 11) is 0. The van der Waals surface area contributed by atoms with Gasteiger partial charge in [-0.1, -0.05) is 83.3 Å². The maximum Gasteiger partial charge on any atom is 0.114 e. The molecule has 30 heavy (non-hydrogen) atoms. The van der Waals surface area contributed by atoms with Gasteiger partial charge in [0, 0.05) is 6.61 Å². The van der Waals surface area contributed by atoms with E-state index in [-0.39, 0.29) is 13.2 Å². The van der Waals surface area contributed by atoms with Crippen molar-refractivity contribution in [1.82, 2.24) is 0 Å². The van der Waals surface area contributed by atoms with Crippen molar-refractivity contribution in [3.63, 3.8) is 0 Å². The van der Waals surface area contributed by atoms with Crippen LogP contribution in [0.15, 0.2) is 12.2 Å². The molecular weight excluding hydrogens is 380 g/mol. The Hall–Kier alpha value is -0.460. The van der Waals surface area contributed by atoms with E-state index in [1.807, 2.05) is 0 Å². The molecule has 178 valence electrons. The number of aliphatic hydroxyl groups excluding tert-OH is 3. The number of ether oxygens (including phenoxy) is 2. The molecule has 0 spiro atoms. The van der Waals surface area contributed by atoms with E-state index in [0.717, 1.165) is 19.3 Å². The summed E-state index contributed by atoms with van der Waals surface area (Å²) in [6, 6.07) is 0. The lowest BCUT2D eigenvalue weighted by Gasteiger charge is -2.37.